The zero-order chi connectivity index (χ0) is 18.1. The number of aromatic nitrogens is 1. The van der Waals surface area contributed by atoms with Crippen LogP contribution in [0.15, 0.2) is 30.3 Å². The van der Waals surface area contributed by atoms with E-state index in [9.17, 15) is 4.79 Å². The van der Waals surface area contributed by atoms with Gasteiger partial charge in [0, 0.05) is 35.5 Å². The standard InChI is InChI=1S/C22H25N2O2/c1-26-14-16-10-11-17-20(12-16)24(13-15-6-3-2-4-7-15)19-9-5-8-18(21(17)19)22(23)25/h5,8-10,12,15H,2-4,6-7,13-14H2,1H3,(H2,23,25). The monoisotopic (exact) mass is 349 g/mol. The molecule has 1 amide bonds. The molecule has 1 aromatic heterocycles. The zero-order valence-corrected chi connectivity index (χ0v) is 15.3. The van der Waals surface area contributed by atoms with Gasteiger partial charge in [-0.2, -0.15) is 0 Å². The van der Waals surface area contributed by atoms with Crippen molar-refractivity contribution in [3.8, 4) is 0 Å². The van der Waals surface area contributed by atoms with E-state index in [2.05, 4.69) is 22.8 Å². The minimum atomic E-state index is -0.387. The van der Waals surface area contributed by atoms with E-state index in [1.807, 2.05) is 18.2 Å². The SMILES string of the molecule is COCc1c[c]c2c3c(C(N)=O)cccc3n(CC3CCCCC3)c2c1. The summed E-state index contributed by atoms with van der Waals surface area (Å²) in [5, 5.41) is 1.90. The summed E-state index contributed by atoms with van der Waals surface area (Å²) < 4.78 is 7.66. The van der Waals surface area contributed by atoms with Gasteiger partial charge in [-0.3, -0.25) is 4.79 Å². The van der Waals surface area contributed by atoms with Gasteiger partial charge in [-0.25, -0.2) is 0 Å². The van der Waals surface area contributed by atoms with Crippen LogP contribution in [-0.2, 0) is 17.9 Å². The molecule has 4 nitrogen and oxygen atoms in total. The van der Waals surface area contributed by atoms with Crippen LogP contribution in [0.5, 0.6) is 0 Å². The molecule has 4 rings (SSSR count). The van der Waals surface area contributed by atoms with Crippen molar-refractivity contribution in [3.63, 3.8) is 0 Å². The minimum absolute atomic E-state index is 0.387. The quantitative estimate of drug-likeness (QED) is 0.741. The number of benzene rings is 2. The number of fused-ring (bicyclic) bond motifs is 3. The van der Waals surface area contributed by atoms with Crippen LogP contribution < -0.4 is 5.73 Å². The van der Waals surface area contributed by atoms with Gasteiger partial charge in [0.1, 0.15) is 0 Å². The summed E-state index contributed by atoms with van der Waals surface area (Å²) in [5.41, 5.74) is 9.52. The molecule has 0 aliphatic heterocycles. The number of carbonyl (C=O) groups is 1. The molecule has 2 aromatic carbocycles. The molecule has 2 N–H and O–H groups in total. The smallest absolute Gasteiger partial charge is 0.249 e. The fourth-order valence-electron chi connectivity index (χ4n) is 4.38. The van der Waals surface area contributed by atoms with E-state index in [0.29, 0.717) is 18.1 Å². The van der Waals surface area contributed by atoms with Gasteiger partial charge in [-0.05, 0) is 54.7 Å². The van der Waals surface area contributed by atoms with E-state index in [-0.39, 0.29) is 5.91 Å². The predicted molar refractivity (Wildman–Crippen MR) is 104 cm³/mol. The summed E-state index contributed by atoms with van der Waals surface area (Å²) in [7, 11) is 1.70. The van der Waals surface area contributed by atoms with E-state index < -0.39 is 0 Å². The first-order chi connectivity index (χ1) is 12.7. The minimum Gasteiger partial charge on any atom is -0.380 e. The highest BCUT2D eigenvalue weighted by Gasteiger charge is 2.20. The Morgan fingerprint density at radius 2 is 2.08 bits per heavy atom. The van der Waals surface area contributed by atoms with Crippen molar-refractivity contribution in [2.24, 2.45) is 11.7 Å². The van der Waals surface area contributed by atoms with Gasteiger partial charge in [0.15, 0.2) is 0 Å². The van der Waals surface area contributed by atoms with Crippen molar-refractivity contribution < 1.29 is 9.53 Å². The van der Waals surface area contributed by atoms with Crippen LogP contribution >= 0.6 is 0 Å². The first kappa shape index (κ1) is 17.1. The van der Waals surface area contributed by atoms with E-state index in [1.54, 1.807) is 7.11 Å². The predicted octanol–water partition coefficient (Wildman–Crippen LogP) is 4.42. The van der Waals surface area contributed by atoms with Crippen LogP contribution in [0.25, 0.3) is 21.8 Å². The van der Waals surface area contributed by atoms with Gasteiger partial charge in [0.2, 0.25) is 5.91 Å². The van der Waals surface area contributed by atoms with Gasteiger partial charge >= 0.3 is 0 Å². The average molecular weight is 349 g/mol. The summed E-state index contributed by atoms with van der Waals surface area (Å²) in [6.45, 7) is 1.53. The lowest BCUT2D eigenvalue weighted by molar-refractivity contribution is 0.100. The summed E-state index contributed by atoms with van der Waals surface area (Å²) in [6.07, 6.45) is 6.53. The average Bonchev–Trinajstić information content (AvgIpc) is 2.96. The first-order valence-corrected chi connectivity index (χ1v) is 9.43. The highest BCUT2D eigenvalue weighted by molar-refractivity contribution is 6.17. The number of nitrogens with two attached hydrogens (primary N) is 1. The largest absolute Gasteiger partial charge is 0.380 e. The van der Waals surface area contributed by atoms with Crippen LogP contribution in [0.1, 0.15) is 48.0 Å². The number of primary amides is 1. The van der Waals surface area contributed by atoms with Crippen molar-refractivity contribution in [1.29, 1.82) is 0 Å². The normalized spacial score (nSPS) is 15.7. The molecule has 135 valence electrons. The molecule has 0 atom stereocenters. The second-order valence-electron chi connectivity index (χ2n) is 7.38. The molecule has 26 heavy (non-hydrogen) atoms. The number of hydrogen-bond acceptors (Lipinski definition) is 2. The molecule has 0 spiro atoms. The third-order valence-electron chi connectivity index (χ3n) is 5.60. The Kier molecular flexibility index (Phi) is 4.68. The highest BCUT2D eigenvalue weighted by atomic mass is 16.5. The van der Waals surface area contributed by atoms with Crippen molar-refractivity contribution in [3.05, 3.63) is 47.5 Å². The van der Waals surface area contributed by atoms with Gasteiger partial charge in [-0.15, -0.1) is 0 Å². The second kappa shape index (κ2) is 7.12. The van der Waals surface area contributed by atoms with Crippen molar-refractivity contribution in [1.82, 2.24) is 4.57 Å². The topological polar surface area (TPSA) is 57.2 Å². The molecule has 0 bridgehead atoms. The van der Waals surface area contributed by atoms with Crippen LogP contribution in [0, 0.1) is 12.0 Å². The summed E-state index contributed by atoms with van der Waals surface area (Å²) >= 11 is 0. The lowest BCUT2D eigenvalue weighted by Crippen LogP contribution is -2.14. The summed E-state index contributed by atoms with van der Waals surface area (Å²) in [5.74, 6) is 0.299. The molecule has 0 unspecified atom stereocenters. The van der Waals surface area contributed by atoms with Gasteiger partial charge in [-0.1, -0.05) is 25.3 Å². The van der Waals surface area contributed by atoms with Crippen LogP contribution in [0.2, 0.25) is 0 Å². The van der Waals surface area contributed by atoms with E-state index >= 15 is 0 Å². The molecule has 1 heterocycles. The zero-order valence-electron chi connectivity index (χ0n) is 15.3. The second-order valence-corrected chi connectivity index (χ2v) is 7.38. The third-order valence-corrected chi connectivity index (χ3v) is 5.60. The number of nitrogens with zero attached hydrogens (tertiary/aromatic N) is 1. The Morgan fingerprint density at radius 3 is 2.81 bits per heavy atom. The van der Waals surface area contributed by atoms with Gasteiger partial charge in [0.05, 0.1) is 12.1 Å². The lowest BCUT2D eigenvalue weighted by atomic mass is 9.89. The fraction of sp³-hybridized carbons (Fsp3) is 0.409. The van der Waals surface area contributed by atoms with Crippen molar-refractivity contribution >= 4 is 27.7 Å². The number of rotatable bonds is 5. The molecular weight excluding hydrogens is 324 g/mol. The lowest BCUT2D eigenvalue weighted by Gasteiger charge is -2.23. The van der Waals surface area contributed by atoms with E-state index in [0.717, 1.165) is 33.9 Å². The van der Waals surface area contributed by atoms with Crippen LogP contribution in [-0.4, -0.2) is 17.6 Å². The number of amides is 1. The Morgan fingerprint density at radius 1 is 1.27 bits per heavy atom. The number of ether oxygens (including phenoxy) is 1. The van der Waals surface area contributed by atoms with Gasteiger partial charge in [0.25, 0.3) is 0 Å². The summed E-state index contributed by atoms with van der Waals surface area (Å²) in [6, 6.07) is 13.3. The van der Waals surface area contributed by atoms with Crippen LogP contribution in [0.4, 0.5) is 0 Å². The Labute approximate surface area is 153 Å². The third kappa shape index (κ3) is 2.99. The Hall–Kier alpha value is -2.33. The van der Waals surface area contributed by atoms with E-state index in [1.165, 1.54) is 32.1 Å². The number of carbonyl (C=O) groups excluding carboxylic acids is 1. The van der Waals surface area contributed by atoms with E-state index in [4.69, 9.17) is 10.5 Å². The Bertz CT molecular complexity index is 952. The maximum absolute atomic E-state index is 12.0. The van der Waals surface area contributed by atoms with Crippen LogP contribution in [0.3, 0.4) is 0 Å². The highest BCUT2D eigenvalue weighted by Crippen LogP contribution is 2.34. The maximum atomic E-state index is 12.0. The molecule has 1 aliphatic carbocycles. The molecule has 3 aromatic rings. The number of methoxy groups -OCH3 is 1. The molecule has 1 radical (unpaired) electrons. The number of hydrogen-bond donors (Lipinski definition) is 1. The van der Waals surface area contributed by atoms with Crippen molar-refractivity contribution in [2.75, 3.05) is 7.11 Å². The Balaban J connectivity index is 1.93. The summed E-state index contributed by atoms with van der Waals surface area (Å²) in [4.78, 5) is 12.0. The molecule has 1 aliphatic rings. The molecule has 0 saturated heterocycles. The van der Waals surface area contributed by atoms with Gasteiger partial charge < -0.3 is 15.0 Å². The molecule has 1 saturated carbocycles. The van der Waals surface area contributed by atoms with Crippen molar-refractivity contribution in [2.45, 2.75) is 45.3 Å². The fourth-order valence-corrected chi connectivity index (χ4v) is 4.38. The molecule has 1 fully saturated rings. The molecular formula is C22H25N2O2. The molecule has 4 heteroatoms. The maximum Gasteiger partial charge on any atom is 0.249 e. The first-order valence-electron chi connectivity index (χ1n) is 9.43.